The summed E-state index contributed by atoms with van der Waals surface area (Å²) in [6.07, 6.45) is -4.39. The van der Waals surface area contributed by atoms with E-state index in [2.05, 4.69) is 0 Å². The molecule has 0 aliphatic rings. The minimum Gasteiger partial charge on any atom is -0.166 e. The van der Waals surface area contributed by atoms with Gasteiger partial charge in [-0.3, -0.25) is 0 Å². The number of halogens is 3. The van der Waals surface area contributed by atoms with E-state index >= 15 is 0 Å². The van der Waals surface area contributed by atoms with Gasteiger partial charge in [0.05, 0.1) is 10.4 Å². The van der Waals surface area contributed by atoms with Gasteiger partial charge in [0, 0.05) is 5.56 Å². The number of alkyl halides is 3. The molecule has 18 heavy (non-hydrogen) atoms. The molecular formula is C14H9F3S. The molecule has 0 nitrogen and oxygen atoms in total. The minimum atomic E-state index is -4.39. The van der Waals surface area contributed by atoms with Gasteiger partial charge in [0.2, 0.25) is 0 Å². The third-order valence-corrected chi connectivity index (χ3v) is 2.97. The Kier molecular flexibility index (Phi) is 3.48. The number of hydrogen-bond donors (Lipinski definition) is 0. The van der Waals surface area contributed by atoms with Crippen LogP contribution in [0.5, 0.6) is 0 Å². The van der Waals surface area contributed by atoms with Crippen LogP contribution in [0, 0.1) is 0 Å². The quantitative estimate of drug-likeness (QED) is 0.571. The lowest BCUT2D eigenvalue weighted by Gasteiger charge is -2.13. The Morgan fingerprint density at radius 2 is 1.39 bits per heavy atom. The molecule has 0 unspecified atom stereocenters. The van der Waals surface area contributed by atoms with E-state index in [1.54, 1.807) is 36.4 Å². The Morgan fingerprint density at radius 1 is 0.833 bits per heavy atom. The van der Waals surface area contributed by atoms with Gasteiger partial charge in [0.1, 0.15) is 0 Å². The zero-order valence-corrected chi connectivity index (χ0v) is 10.1. The number of hydrogen-bond acceptors (Lipinski definition) is 1. The SMILES string of the molecule is FC(F)(F)c1ccccc1C(=S)c1ccccc1. The highest BCUT2D eigenvalue weighted by molar-refractivity contribution is 7.81. The summed E-state index contributed by atoms with van der Waals surface area (Å²) >= 11 is 5.14. The first-order chi connectivity index (χ1) is 8.50. The summed E-state index contributed by atoms with van der Waals surface area (Å²) in [5, 5.41) is 0. The molecule has 0 saturated heterocycles. The van der Waals surface area contributed by atoms with Crippen LogP contribution in [0.15, 0.2) is 54.6 Å². The Morgan fingerprint density at radius 3 is 2.00 bits per heavy atom. The molecule has 2 rings (SSSR count). The molecule has 4 heteroatoms. The molecular weight excluding hydrogens is 257 g/mol. The Balaban J connectivity index is 2.50. The standard InChI is InChI=1S/C14H9F3S/c15-14(16,17)12-9-5-4-8-11(12)13(18)10-6-2-1-3-7-10/h1-9H. The van der Waals surface area contributed by atoms with Crippen molar-refractivity contribution in [2.75, 3.05) is 0 Å². The van der Waals surface area contributed by atoms with Crippen molar-refractivity contribution in [1.82, 2.24) is 0 Å². The van der Waals surface area contributed by atoms with Crippen molar-refractivity contribution in [2.24, 2.45) is 0 Å². The summed E-state index contributed by atoms with van der Waals surface area (Å²) in [7, 11) is 0. The van der Waals surface area contributed by atoms with Crippen molar-refractivity contribution in [2.45, 2.75) is 6.18 Å². The molecule has 2 aromatic rings. The van der Waals surface area contributed by atoms with E-state index in [0.29, 0.717) is 5.56 Å². The van der Waals surface area contributed by atoms with Gasteiger partial charge in [-0.2, -0.15) is 13.2 Å². The van der Waals surface area contributed by atoms with E-state index in [4.69, 9.17) is 12.2 Å². The third kappa shape index (κ3) is 2.59. The molecule has 0 aliphatic carbocycles. The lowest BCUT2D eigenvalue weighted by molar-refractivity contribution is -0.137. The zero-order valence-electron chi connectivity index (χ0n) is 9.24. The second kappa shape index (κ2) is 4.90. The van der Waals surface area contributed by atoms with Gasteiger partial charge >= 0.3 is 6.18 Å². The highest BCUT2D eigenvalue weighted by atomic mass is 32.1. The third-order valence-electron chi connectivity index (χ3n) is 2.51. The fourth-order valence-electron chi connectivity index (χ4n) is 1.67. The van der Waals surface area contributed by atoms with Gasteiger partial charge in [0.15, 0.2) is 0 Å². The molecule has 0 spiro atoms. The fraction of sp³-hybridized carbons (Fsp3) is 0.0714. The van der Waals surface area contributed by atoms with Crippen molar-refractivity contribution >= 4 is 17.1 Å². The van der Waals surface area contributed by atoms with Crippen LogP contribution < -0.4 is 0 Å². The second-order valence-corrected chi connectivity index (χ2v) is 4.15. The predicted molar refractivity (Wildman–Crippen MR) is 68.7 cm³/mol. The molecule has 2 aromatic carbocycles. The second-order valence-electron chi connectivity index (χ2n) is 3.74. The molecule has 0 radical (unpaired) electrons. The molecule has 0 N–H and O–H groups in total. The Labute approximate surface area is 108 Å². The lowest BCUT2D eigenvalue weighted by Crippen LogP contribution is -2.12. The number of rotatable bonds is 2. The van der Waals surface area contributed by atoms with Crippen LogP contribution in [0.3, 0.4) is 0 Å². The highest BCUT2D eigenvalue weighted by Crippen LogP contribution is 2.33. The van der Waals surface area contributed by atoms with E-state index in [9.17, 15) is 13.2 Å². The summed E-state index contributed by atoms with van der Waals surface area (Å²) in [6.45, 7) is 0. The van der Waals surface area contributed by atoms with Gasteiger partial charge in [0.25, 0.3) is 0 Å². The van der Waals surface area contributed by atoms with Gasteiger partial charge < -0.3 is 0 Å². The average molecular weight is 266 g/mol. The van der Waals surface area contributed by atoms with E-state index in [-0.39, 0.29) is 10.4 Å². The maximum atomic E-state index is 12.9. The number of benzene rings is 2. The van der Waals surface area contributed by atoms with Gasteiger partial charge in [-0.1, -0.05) is 60.7 Å². The summed E-state index contributed by atoms with van der Waals surface area (Å²) in [5.74, 6) is 0. The van der Waals surface area contributed by atoms with Gasteiger partial charge in [-0.15, -0.1) is 0 Å². The minimum absolute atomic E-state index is 0.0474. The Hall–Kier alpha value is -1.68. The van der Waals surface area contributed by atoms with Crippen molar-refractivity contribution in [3.8, 4) is 0 Å². The van der Waals surface area contributed by atoms with E-state index < -0.39 is 11.7 Å². The molecule has 0 fully saturated rings. The van der Waals surface area contributed by atoms with Gasteiger partial charge in [-0.05, 0) is 11.6 Å². The lowest BCUT2D eigenvalue weighted by atomic mass is 9.99. The smallest absolute Gasteiger partial charge is 0.166 e. The van der Waals surface area contributed by atoms with Crippen molar-refractivity contribution < 1.29 is 13.2 Å². The normalized spacial score (nSPS) is 11.3. The monoisotopic (exact) mass is 266 g/mol. The summed E-state index contributed by atoms with van der Waals surface area (Å²) in [5.41, 5.74) is -0.0331. The van der Waals surface area contributed by atoms with Crippen LogP contribution >= 0.6 is 12.2 Å². The molecule has 0 aliphatic heterocycles. The van der Waals surface area contributed by atoms with Crippen LogP contribution in [0.25, 0.3) is 0 Å². The largest absolute Gasteiger partial charge is 0.417 e. The molecule has 0 saturated carbocycles. The zero-order chi connectivity index (χ0) is 13.2. The maximum Gasteiger partial charge on any atom is 0.417 e. The molecule has 0 amide bonds. The molecule has 0 atom stereocenters. The summed E-state index contributed by atoms with van der Waals surface area (Å²) in [6, 6.07) is 14.1. The topological polar surface area (TPSA) is 0 Å². The summed E-state index contributed by atoms with van der Waals surface area (Å²) < 4.78 is 38.6. The van der Waals surface area contributed by atoms with Crippen LogP contribution in [0.1, 0.15) is 16.7 Å². The van der Waals surface area contributed by atoms with Gasteiger partial charge in [-0.25, -0.2) is 0 Å². The van der Waals surface area contributed by atoms with Crippen LogP contribution in [-0.2, 0) is 6.18 Å². The fourth-order valence-corrected chi connectivity index (χ4v) is 1.99. The van der Waals surface area contributed by atoms with E-state index in [0.717, 1.165) is 6.07 Å². The maximum absolute atomic E-state index is 12.9. The molecule has 0 aromatic heterocycles. The van der Waals surface area contributed by atoms with Crippen LogP contribution in [0.4, 0.5) is 13.2 Å². The van der Waals surface area contributed by atoms with Crippen LogP contribution in [-0.4, -0.2) is 4.86 Å². The van der Waals surface area contributed by atoms with Crippen molar-refractivity contribution in [3.05, 3.63) is 71.3 Å². The highest BCUT2D eigenvalue weighted by Gasteiger charge is 2.33. The van der Waals surface area contributed by atoms with Crippen molar-refractivity contribution in [1.29, 1.82) is 0 Å². The molecule has 92 valence electrons. The first-order valence-electron chi connectivity index (χ1n) is 5.26. The van der Waals surface area contributed by atoms with E-state index in [1.165, 1.54) is 12.1 Å². The first-order valence-corrected chi connectivity index (χ1v) is 5.67. The molecule has 0 heterocycles. The summed E-state index contributed by atoms with van der Waals surface area (Å²) in [4.78, 5) is 0.212. The van der Waals surface area contributed by atoms with E-state index in [1.807, 2.05) is 0 Å². The average Bonchev–Trinajstić information content (AvgIpc) is 2.38. The van der Waals surface area contributed by atoms with Crippen molar-refractivity contribution in [3.63, 3.8) is 0 Å². The first kappa shape index (κ1) is 12.8. The number of thiocarbonyl (C=S) groups is 1. The van der Waals surface area contributed by atoms with Crippen LogP contribution in [0.2, 0.25) is 0 Å². The molecule has 0 bridgehead atoms. The predicted octanol–water partition coefficient (Wildman–Crippen LogP) is 4.47. The Bertz CT molecular complexity index is 559.